The smallest absolute Gasteiger partial charge is 0.225 e. The summed E-state index contributed by atoms with van der Waals surface area (Å²) in [7, 11) is 0. The summed E-state index contributed by atoms with van der Waals surface area (Å²) in [6.45, 7) is 4.39. The topological polar surface area (TPSA) is 80.1 Å². The highest BCUT2D eigenvalue weighted by atomic mass is 16.2. The number of pyridine rings is 1. The second-order valence-electron chi connectivity index (χ2n) is 6.36. The molecule has 3 heterocycles. The first kappa shape index (κ1) is 17.1. The van der Waals surface area contributed by atoms with Gasteiger partial charge >= 0.3 is 0 Å². The second kappa shape index (κ2) is 7.92. The fraction of sp³-hybridized carbons (Fsp3) is 0.444. The average Bonchev–Trinajstić information content (AvgIpc) is 3.21. The molecule has 1 atom stereocenters. The van der Waals surface area contributed by atoms with E-state index in [0.717, 1.165) is 24.1 Å². The first-order chi connectivity index (χ1) is 12.2. The maximum absolute atomic E-state index is 12.4. The third-order valence-corrected chi connectivity index (χ3v) is 4.31. The van der Waals surface area contributed by atoms with Gasteiger partial charge in [-0.1, -0.05) is 6.92 Å². The molecule has 0 unspecified atom stereocenters. The lowest BCUT2D eigenvalue weighted by Crippen LogP contribution is -2.32. The van der Waals surface area contributed by atoms with Gasteiger partial charge in [0.25, 0.3) is 0 Å². The molecule has 1 N–H and O–H groups in total. The van der Waals surface area contributed by atoms with Crippen molar-refractivity contribution < 1.29 is 9.59 Å². The molecule has 7 heteroatoms. The van der Waals surface area contributed by atoms with Gasteiger partial charge in [-0.15, -0.1) is 0 Å². The van der Waals surface area contributed by atoms with Crippen molar-refractivity contribution in [3.05, 3.63) is 48.0 Å². The molecule has 2 aromatic heterocycles. The number of amides is 2. The number of carbonyl (C=O) groups is 2. The first-order valence-electron chi connectivity index (χ1n) is 8.61. The van der Waals surface area contributed by atoms with E-state index in [1.807, 2.05) is 23.0 Å². The number of aryl methyl sites for hydroxylation is 1. The van der Waals surface area contributed by atoms with E-state index in [9.17, 15) is 9.59 Å². The van der Waals surface area contributed by atoms with Crippen molar-refractivity contribution in [3.8, 4) is 0 Å². The van der Waals surface area contributed by atoms with E-state index in [-0.39, 0.29) is 24.2 Å². The Labute approximate surface area is 147 Å². The van der Waals surface area contributed by atoms with E-state index in [4.69, 9.17) is 0 Å². The third-order valence-electron chi connectivity index (χ3n) is 4.31. The number of hydrogen-bond acceptors (Lipinski definition) is 4. The number of likely N-dealkylation sites (tertiary alicyclic amines) is 1. The van der Waals surface area contributed by atoms with Gasteiger partial charge in [-0.2, -0.15) is 5.10 Å². The number of hydrogen-bond donors (Lipinski definition) is 1. The first-order valence-corrected chi connectivity index (χ1v) is 8.61. The third kappa shape index (κ3) is 4.43. The number of carbonyl (C=O) groups excluding carboxylic acids is 2. The molecule has 1 saturated heterocycles. The van der Waals surface area contributed by atoms with Crippen molar-refractivity contribution in [1.82, 2.24) is 25.0 Å². The zero-order valence-corrected chi connectivity index (χ0v) is 14.4. The van der Waals surface area contributed by atoms with Gasteiger partial charge in [0.2, 0.25) is 11.8 Å². The lowest BCUT2D eigenvalue weighted by atomic mass is 10.1. The predicted octanol–water partition coefficient (Wildman–Crippen LogP) is 1.35. The van der Waals surface area contributed by atoms with E-state index >= 15 is 0 Å². The molecule has 0 bridgehead atoms. The van der Waals surface area contributed by atoms with E-state index in [0.29, 0.717) is 19.6 Å². The zero-order chi connectivity index (χ0) is 17.6. The molecule has 0 aromatic carbocycles. The Hall–Kier alpha value is -2.70. The summed E-state index contributed by atoms with van der Waals surface area (Å²) in [4.78, 5) is 30.2. The van der Waals surface area contributed by atoms with Gasteiger partial charge in [0.15, 0.2) is 0 Å². The molecule has 0 spiro atoms. The van der Waals surface area contributed by atoms with Crippen LogP contribution in [0.4, 0.5) is 0 Å². The standard InChI is InChI=1S/C18H23N5O2/c1-2-7-23-12-15(10-21-23)9-20-18(25)16-8-17(24)22(13-16)11-14-3-5-19-6-4-14/h3-6,10,12,16H,2,7-9,11,13H2,1H3,(H,20,25)/t16-/m1/s1. The number of rotatable bonds is 7. The molecule has 0 aliphatic carbocycles. The Balaban J connectivity index is 1.50. The summed E-state index contributed by atoms with van der Waals surface area (Å²) >= 11 is 0. The molecule has 2 amide bonds. The SMILES string of the molecule is CCCn1cc(CNC(=O)[C@@H]2CC(=O)N(Cc3ccncc3)C2)cn1. The van der Waals surface area contributed by atoms with Crippen LogP contribution in [0, 0.1) is 5.92 Å². The summed E-state index contributed by atoms with van der Waals surface area (Å²) in [6.07, 6.45) is 8.42. The minimum Gasteiger partial charge on any atom is -0.352 e. The van der Waals surface area contributed by atoms with Gasteiger partial charge in [0.05, 0.1) is 12.1 Å². The number of nitrogens with one attached hydrogen (secondary N) is 1. The van der Waals surface area contributed by atoms with E-state index in [2.05, 4.69) is 22.3 Å². The Morgan fingerprint density at radius 2 is 2.12 bits per heavy atom. The van der Waals surface area contributed by atoms with Crippen molar-refractivity contribution in [3.63, 3.8) is 0 Å². The molecule has 1 fully saturated rings. The van der Waals surface area contributed by atoms with Crippen molar-refractivity contribution in [2.75, 3.05) is 6.54 Å². The molecule has 0 saturated carbocycles. The minimum absolute atomic E-state index is 0.0210. The van der Waals surface area contributed by atoms with Crippen molar-refractivity contribution >= 4 is 11.8 Å². The van der Waals surface area contributed by atoms with Crippen LogP contribution in [0.3, 0.4) is 0 Å². The van der Waals surface area contributed by atoms with Crippen LogP contribution in [0.5, 0.6) is 0 Å². The zero-order valence-electron chi connectivity index (χ0n) is 14.4. The van der Waals surface area contributed by atoms with Gasteiger partial charge in [-0.25, -0.2) is 0 Å². The van der Waals surface area contributed by atoms with Crippen LogP contribution in [-0.4, -0.2) is 38.0 Å². The monoisotopic (exact) mass is 341 g/mol. The molecular formula is C18H23N5O2. The molecule has 7 nitrogen and oxygen atoms in total. The van der Waals surface area contributed by atoms with Gasteiger partial charge in [0.1, 0.15) is 0 Å². The maximum Gasteiger partial charge on any atom is 0.225 e. The number of aromatic nitrogens is 3. The number of nitrogens with zero attached hydrogens (tertiary/aromatic N) is 4. The molecular weight excluding hydrogens is 318 g/mol. The van der Waals surface area contributed by atoms with Crippen LogP contribution in [-0.2, 0) is 29.2 Å². The van der Waals surface area contributed by atoms with Crippen LogP contribution in [0.15, 0.2) is 36.9 Å². The lowest BCUT2D eigenvalue weighted by Gasteiger charge is -2.16. The molecule has 3 rings (SSSR count). The van der Waals surface area contributed by atoms with Crippen LogP contribution >= 0.6 is 0 Å². The molecule has 25 heavy (non-hydrogen) atoms. The molecule has 0 radical (unpaired) electrons. The predicted molar refractivity (Wildman–Crippen MR) is 92.1 cm³/mol. The fourth-order valence-corrected chi connectivity index (χ4v) is 2.99. The molecule has 1 aliphatic heterocycles. The van der Waals surface area contributed by atoms with Gasteiger partial charge in [0, 0.05) is 56.8 Å². The fourth-order valence-electron chi connectivity index (χ4n) is 2.99. The summed E-state index contributed by atoms with van der Waals surface area (Å²) in [5, 5.41) is 7.17. The largest absolute Gasteiger partial charge is 0.352 e. The van der Waals surface area contributed by atoms with Crippen LogP contribution < -0.4 is 5.32 Å². The highest BCUT2D eigenvalue weighted by molar-refractivity contribution is 5.89. The van der Waals surface area contributed by atoms with Crippen LogP contribution in [0.1, 0.15) is 30.9 Å². The Morgan fingerprint density at radius 1 is 1.32 bits per heavy atom. The quantitative estimate of drug-likeness (QED) is 0.824. The highest BCUT2D eigenvalue weighted by Crippen LogP contribution is 2.20. The summed E-state index contributed by atoms with van der Waals surface area (Å²) in [5.74, 6) is -0.346. The second-order valence-corrected chi connectivity index (χ2v) is 6.36. The van der Waals surface area contributed by atoms with Gasteiger partial charge < -0.3 is 10.2 Å². The molecule has 2 aromatic rings. The van der Waals surface area contributed by atoms with Crippen molar-refractivity contribution in [1.29, 1.82) is 0 Å². The lowest BCUT2D eigenvalue weighted by molar-refractivity contribution is -0.129. The van der Waals surface area contributed by atoms with Crippen molar-refractivity contribution in [2.45, 2.75) is 39.4 Å². The van der Waals surface area contributed by atoms with E-state index in [1.165, 1.54) is 0 Å². The molecule has 132 valence electrons. The highest BCUT2D eigenvalue weighted by Gasteiger charge is 2.34. The summed E-state index contributed by atoms with van der Waals surface area (Å²) in [5.41, 5.74) is 1.99. The summed E-state index contributed by atoms with van der Waals surface area (Å²) < 4.78 is 1.87. The maximum atomic E-state index is 12.4. The minimum atomic E-state index is -0.292. The van der Waals surface area contributed by atoms with Crippen LogP contribution in [0.25, 0.3) is 0 Å². The Kier molecular flexibility index (Phi) is 5.42. The van der Waals surface area contributed by atoms with Gasteiger partial charge in [-0.3, -0.25) is 19.3 Å². The van der Waals surface area contributed by atoms with Crippen LogP contribution in [0.2, 0.25) is 0 Å². The normalized spacial score (nSPS) is 17.1. The Bertz CT molecular complexity index is 728. The van der Waals surface area contributed by atoms with Crippen molar-refractivity contribution in [2.24, 2.45) is 5.92 Å². The Morgan fingerprint density at radius 3 is 2.88 bits per heavy atom. The molecule has 1 aliphatic rings. The summed E-state index contributed by atoms with van der Waals surface area (Å²) in [6, 6.07) is 3.77. The average molecular weight is 341 g/mol. The van der Waals surface area contributed by atoms with Gasteiger partial charge in [-0.05, 0) is 24.1 Å². The van der Waals surface area contributed by atoms with E-state index < -0.39 is 0 Å². The van der Waals surface area contributed by atoms with E-state index in [1.54, 1.807) is 23.5 Å².